The number of nitrogen functional groups attached to an aromatic ring is 1. The quantitative estimate of drug-likeness (QED) is 0.804. The van der Waals surface area contributed by atoms with Crippen molar-refractivity contribution in [3.8, 4) is 16.9 Å². The van der Waals surface area contributed by atoms with Crippen LogP contribution >= 0.6 is 11.6 Å². The Labute approximate surface area is 96.1 Å². The highest BCUT2D eigenvalue weighted by Gasteiger charge is 2.14. The SMILES string of the molecule is Cn1ncc(-c2cc(Cl)c(O)cc2F)c1N. The summed E-state index contributed by atoms with van der Waals surface area (Å²) in [6.07, 6.45) is 1.45. The molecule has 6 heteroatoms. The van der Waals surface area contributed by atoms with E-state index in [2.05, 4.69) is 5.10 Å². The average Bonchev–Trinajstić information content (AvgIpc) is 2.54. The Morgan fingerprint density at radius 1 is 1.44 bits per heavy atom. The van der Waals surface area contributed by atoms with Crippen molar-refractivity contribution in [3.05, 3.63) is 29.2 Å². The molecule has 0 amide bonds. The lowest BCUT2D eigenvalue weighted by Gasteiger charge is -2.04. The number of halogens is 2. The lowest BCUT2D eigenvalue weighted by atomic mass is 10.1. The van der Waals surface area contributed by atoms with Crippen LogP contribution in [0.2, 0.25) is 5.02 Å². The Bertz CT molecular complexity index is 553. The molecule has 0 radical (unpaired) electrons. The molecular weight excluding hydrogens is 233 g/mol. The van der Waals surface area contributed by atoms with Crippen LogP contribution in [0.5, 0.6) is 5.75 Å². The maximum Gasteiger partial charge on any atom is 0.137 e. The number of hydrogen-bond acceptors (Lipinski definition) is 3. The Kier molecular flexibility index (Phi) is 2.47. The molecule has 0 aliphatic heterocycles. The molecule has 1 aromatic heterocycles. The Morgan fingerprint density at radius 3 is 2.69 bits per heavy atom. The van der Waals surface area contributed by atoms with Gasteiger partial charge in [0, 0.05) is 24.2 Å². The number of aromatic nitrogens is 2. The van der Waals surface area contributed by atoms with Gasteiger partial charge >= 0.3 is 0 Å². The predicted octanol–water partition coefficient (Wildman–Crippen LogP) is 2.17. The van der Waals surface area contributed by atoms with E-state index in [9.17, 15) is 9.50 Å². The summed E-state index contributed by atoms with van der Waals surface area (Å²) >= 11 is 5.71. The molecule has 0 atom stereocenters. The second-order valence-corrected chi connectivity index (χ2v) is 3.76. The van der Waals surface area contributed by atoms with E-state index in [-0.39, 0.29) is 16.3 Å². The summed E-state index contributed by atoms with van der Waals surface area (Å²) in [7, 11) is 1.65. The normalized spacial score (nSPS) is 10.7. The Balaban J connectivity index is 2.65. The molecule has 3 N–H and O–H groups in total. The topological polar surface area (TPSA) is 64.1 Å². The van der Waals surface area contributed by atoms with Crippen LogP contribution in [-0.4, -0.2) is 14.9 Å². The van der Waals surface area contributed by atoms with Crippen molar-refractivity contribution in [1.29, 1.82) is 0 Å². The first kappa shape index (κ1) is 10.8. The van der Waals surface area contributed by atoms with Crippen molar-refractivity contribution >= 4 is 17.4 Å². The third kappa shape index (κ3) is 1.59. The van der Waals surface area contributed by atoms with E-state index in [0.29, 0.717) is 11.4 Å². The third-order valence-electron chi connectivity index (χ3n) is 2.31. The minimum absolute atomic E-state index is 0.0691. The molecule has 2 aromatic rings. The van der Waals surface area contributed by atoms with E-state index < -0.39 is 5.82 Å². The molecular formula is C10H9ClFN3O. The van der Waals surface area contributed by atoms with E-state index >= 15 is 0 Å². The molecule has 0 fully saturated rings. The van der Waals surface area contributed by atoms with Crippen molar-refractivity contribution in [3.63, 3.8) is 0 Å². The second kappa shape index (κ2) is 3.68. The van der Waals surface area contributed by atoms with E-state index in [1.165, 1.54) is 16.9 Å². The van der Waals surface area contributed by atoms with Gasteiger partial charge in [-0.05, 0) is 6.07 Å². The van der Waals surface area contributed by atoms with Crippen LogP contribution in [0, 0.1) is 5.82 Å². The van der Waals surface area contributed by atoms with E-state index in [4.69, 9.17) is 17.3 Å². The number of phenolic OH excluding ortho intramolecular Hbond substituents is 1. The number of aromatic hydroxyl groups is 1. The molecule has 0 aliphatic carbocycles. The number of rotatable bonds is 1. The lowest BCUT2D eigenvalue weighted by Crippen LogP contribution is -1.98. The van der Waals surface area contributed by atoms with Crippen LogP contribution in [0.4, 0.5) is 10.2 Å². The highest BCUT2D eigenvalue weighted by molar-refractivity contribution is 6.32. The molecule has 84 valence electrons. The average molecular weight is 242 g/mol. The first-order valence-electron chi connectivity index (χ1n) is 4.46. The zero-order valence-corrected chi connectivity index (χ0v) is 9.16. The zero-order chi connectivity index (χ0) is 11.9. The largest absolute Gasteiger partial charge is 0.506 e. The molecule has 4 nitrogen and oxygen atoms in total. The summed E-state index contributed by atoms with van der Waals surface area (Å²) in [6.45, 7) is 0. The van der Waals surface area contributed by atoms with E-state index in [1.807, 2.05) is 0 Å². The second-order valence-electron chi connectivity index (χ2n) is 3.35. The number of anilines is 1. The summed E-state index contributed by atoms with van der Waals surface area (Å²) in [4.78, 5) is 0. The highest BCUT2D eigenvalue weighted by atomic mass is 35.5. The maximum absolute atomic E-state index is 13.6. The van der Waals surface area contributed by atoms with Crippen molar-refractivity contribution in [2.24, 2.45) is 7.05 Å². The fraction of sp³-hybridized carbons (Fsp3) is 0.100. The van der Waals surface area contributed by atoms with Crippen molar-refractivity contribution in [2.75, 3.05) is 5.73 Å². The van der Waals surface area contributed by atoms with Crippen LogP contribution < -0.4 is 5.73 Å². The summed E-state index contributed by atoms with van der Waals surface area (Å²) in [5.74, 6) is -0.562. The van der Waals surface area contributed by atoms with Crippen LogP contribution in [-0.2, 0) is 7.05 Å². The number of nitrogens with zero attached hydrogens (tertiary/aromatic N) is 2. The van der Waals surface area contributed by atoms with Gasteiger partial charge in [0.1, 0.15) is 17.4 Å². The van der Waals surface area contributed by atoms with Gasteiger partial charge in [0.15, 0.2) is 0 Å². The number of hydrogen-bond donors (Lipinski definition) is 2. The van der Waals surface area contributed by atoms with Crippen LogP contribution in [0.3, 0.4) is 0 Å². The van der Waals surface area contributed by atoms with Gasteiger partial charge in [0.25, 0.3) is 0 Å². The van der Waals surface area contributed by atoms with Crippen molar-refractivity contribution in [2.45, 2.75) is 0 Å². The maximum atomic E-state index is 13.6. The number of phenols is 1. The van der Waals surface area contributed by atoms with Gasteiger partial charge in [0.2, 0.25) is 0 Å². The van der Waals surface area contributed by atoms with Gasteiger partial charge in [0.05, 0.1) is 11.2 Å². The van der Waals surface area contributed by atoms with Crippen LogP contribution in [0.15, 0.2) is 18.3 Å². The summed E-state index contributed by atoms with van der Waals surface area (Å²) in [5.41, 5.74) is 6.38. The lowest BCUT2D eigenvalue weighted by molar-refractivity contribution is 0.469. The van der Waals surface area contributed by atoms with Gasteiger partial charge in [-0.15, -0.1) is 0 Å². The molecule has 0 spiro atoms. The molecule has 0 bridgehead atoms. The zero-order valence-electron chi connectivity index (χ0n) is 8.41. The number of benzene rings is 1. The molecule has 0 unspecified atom stereocenters. The number of aryl methyl sites for hydroxylation is 1. The number of nitrogens with two attached hydrogens (primary N) is 1. The molecule has 1 aromatic carbocycles. The minimum atomic E-state index is -0.596. The van der Waals surface area contributed by atoms with E-state index in [0.717, 1.165) is 6.07 Å². The standard InChI is InChI=1S/C10H9ClFN3O/c1-15-10(13)6(4-14-15)5-2-7(11)9(16)3-8(5)12/h2-4,16H,13H2,1H3. The monoisotopic (exact) mass is 241 g/mol. The van der Waals surface area contributed by atoms with E-state index in [1.54, 1.807) is 7.05 Å². The van der Waals surface area contributed by atoms with Crippen LogP contribution in [0.25, 0.3) is 11.1 Å². The molecule has 1 heterocycles. The van der Waals surface area contributed by atoms with Gasteiger partial charge in [-0.2, -0.15) is 5.10 Å². The fourth-order valence-corrected chi connectivity index (χ4v) is 1.56. The summed E-state index contributed by atoms with van der Waals surface area (Å²) in [6, 6.07) is 2.27. The fourth-order valence-electron chi connectivity index (χ4n) is 1.40. The van der Waals surface area contributed by atoms with Gasteiger partial charge in [-0.25, -0.2) is 4.39 Å². The summed E-state index contributed by atoms with van der Waals surface area (Å²) in [5, 5.41) is 13.2. The van der Waals surface area contributed by atoms with Crippen molar-refractivity contribution in [1.82, 2.24) is 9.78 Å². The van der Waals surface area contributed by atoms with Gasteiger partial charge < -0.3 is 10.8 Å². The first-order valence-corrected chi connectivity index (χ1v) is 4.84. The minimum Gasteiger partial charge on any atom is -0.506 e. The predicted molar refractivity (Wildman–Crippen MR) is 59.7 cm³/mol. The Morgan fingerprint density at radius 2 is 2.12 bits per heavy atom. The molecule has 0 saturated heterocycles. The highest BCUT2D eigenvalue weighted by Crippen LogP contribution is 2.34. The molecule has 0 saturated carbocycles. The third-order valence-corrected chi connectivity index (χ3v) is 2.61. The summed E-state index contributed by atoms with van der Waals surface area (Å²) < 4.78 is 15.0. The smallest absolute Gasteiger partial charge is 0.137 e. The molecule has 2 rings (SSSR count). The molecule has 16 heavy (non-hydrogen) atoms. The van der Waals surface area contributed by atoms with Gasteiger partial charge in [-0.1, -0.05) is 11.6 Å². The van der Waals surface area contributed by atoms with Crippen LogP contribution in [0.1, 0.15) is 0 Å². The molecule has 0 aliphatic rings. The Hall–Kier alpha value is -1.75. The van der Waals surface area contributed by atoms with Crippen molar-refractivity contribution < 1.29 is 9.50 Å². The first-order chi connectivity index (χ1) is 7.50. The van der Waals surface area contributed by atoms with Gasteiger partial charge in [-0.3, -0.25) is 4.68 Å².